The van der Waals surface area contributed by atoms with Crippen molar-refractivity contribution in [3.63, 3.8) is 0 Å². The molecule has 1 rings (SSSR count). The zero-order valence-electron chi connectivity index (χ0n) is 10.4. The number of carboxylic acid groups (broad SMARTS) is 1. The van der Waals surface area contributed by atoms with Crippen LogP contribution in [0.25, 0.3) is 0 Å². The SMILES string of the molecule is CCOC1CC(N)(C(=O)NCC(=O)O)C1(C)C. The molecule has 1 aliphatic rings. The van der Waals surface area contributed by atoms with Gasteiger partial charge in [-0.05, 0) is 6.92 Å². The molecule has 0 heterocycles. The Morgan fingerprint density at radius 2 is 2.12 bits per heavy atom. The molecule has 1 amide bonds. The second-order valence-electron chi connectivity index (χ2n) is 4.92. The number of hydrogen-bond donors (Lipinski definition) is 3. The summed E-state index contributed by atoms with van der Waals surface area (Å²) < 4.78 is 5.49. The lowest BCUT2D eigenvalue weighted by Gasteiger charge is -2.57. The minimum absolute atomic E-state index is 0.0620. The zero-order valence-corrected chi connectivity index (χ0v) is 10.4. The molecule has 1 saturated carbocycles. The topological polar surface area (TPSA) is 102 Å². The molecular formula is C11H20N2O4. The highest BCUT2D eigenvalue weighted by Crippen LogP contribution is 2.49. The summed E-state index contributed by atoms with van der Waals surface area (Å²) in [5.41, 5.74) is 4.50. The van der Waals surface area contributed by atoms with E-state index in [2.05, 4.69) is 5.32 Å². The number of amides is 1. The zero-order chi connectivity index (χ0) is 13.3. The van der Waals surface area contributed by atoms with Crippen LogP contribution < -0.4 is 11.1 Å². The van der Waals surface area contributed by atoms with Crippen molar-refractivity contribution in [2.24, 2.45) is 11.1 Å². The van der Waals surface area contributed by atoms with Gasteiger partial charge in [-0.15, -0.1) is 0 Å². The average molecular weight is 244 g/mol. The number of carbonyl (C=O) groups excluding carboxylic acids is 1. The fourth-order valence-electron chi connectivity index (χ4n) is 2.13. The minimum atomic E-state index is -1.08. The van der Waals surface area contributed by atoms with Gasteiger partial charge in [-0.3, -0.25) is 9.59 Å². The second kappa shape index (κ2) is 4.62. The van der Waals surface area contributed by atoms with Gasteiger partial charge in [0.1, 0.15) is 12.1 Å². The normalized spacial score (nSPS) is 30.5. The van der Waals surface area contributed by atoms with Crippen LogP contribution in [0, 0.1) is 5.41 Å². The van der Waals surface area contributed by atoms with E-state index < -0.39 is 29.4 Å². The molecule has 0 spiro atoms. The number of nitrogens with one attached hydrogen (secondary N) is 1. The smallest absolute Gasteiger partial charge is 0.322 e. The highest BCUT2D eigenvalue weighted by Gasteiger charge is 2.62. The molecule has 6 heteroatoms. The lowest BCUT2D eigenvalue weighted by Crippen LogP contribution is -2.75. The fraction of sp³-hybridized carbons (Fsp3) is 0.818. The van der Waals surface area contributed by atoms with Crippen LogP contribution in [0.15, 0.2) is 0 Å². The third kappa shape index (κ3) is 2.28. The summed E-state index contributed by atoms with van der Waals surface area (Å²) in [5, 5.41) is 10.8. The molecule has 0 bridgehead atoms. The van der Waals surface area contributed by atoms with Crippen molar-refractivity contribution < 1.29 is 19.4 Å². The largest absolute Gasteiger partial charge is 0.480 e. The molecule has 6 nitrogen and oxygen atoms in total. The molecular weight excluding hydrogens is 224 g/mol. The predicted molar refractivity (Wildman–Crippen MR) is 61.4 cm³/mol. The van der Waals surface area contributed by atoms with E-state index in [4.69, 9.17) is 15.6 Å². The number of hydrogen-bond acceptors (Lipinski definition) is 4. The summed E-state index contributed by atoms with van der Waals surface area (Å²) in [4.78, 5) is 22.2. The van der Waals surface area contributed by atoms with Crippen LogP contribution in [0.2, 0.25) is 0 Å². The first kappa shape index (κ1) is 13.9. The molecule has 0 aromatic rings. The number of nitrogens with two attached hydrogens (primary N) is 1. The summed E-state index contributed by atoms with van der Waals surface area (Å²) in [5.74, 6) is -1.51. The van der Waals surface area contributed by atoms with Crippen molar-refractivity contribution in [1.82, 2.24) is 5.32 Å². The van der Waals surface area contributed by atoms with Crippen LogP contribution in [0.1, 0.15) is 27.2 Å². The van der Waals surface area contributed by atoms with Gasteiger partial charge >= 0.3 is 5.97 Å². The summed E-state index contributed by atoms with van der Waals surface area (Å²) in [6.07, 6.45) is 0.354. The number of ether oxygens (including phenoxy) is 1. The van der Waals surface area contributed by atoms with Crippen LogP contribution in [0.5, 0.6) is 0 Å². The summed E-state index contributed by atoms with van der Waals surface area (Å²) in [6, 6.07) is 0. The third-order valence-corrected chi connectivity index (χ3v) is 3.64. The maximum Gasteiger partial charge on any atom is 0.322 e. The van der Waals surface area contributed by atoms with Crippen molar-refractivity contribution in [1.29, 1.82) is 0 Å². The van der Waals surface area contributed by atoms with E-state index in [1.807, 2.05) is 20.8 Å². The van der Waals surface area contributed by atoms with E-state index >= 15 is 0 Å². The molecule has 17 heavy (non-hydrogen) atoms. The van der Waals surface area contributed by atoms with E-state index in [9.17, 15) is 9.59 Å². The monoisotopic (exact) mass is 244 g/mol. The Labute approximate surface area is 101 Å². The lowest BCUT2D eigenvalue weighted by molar-refractivity contribution is -0.171. The van der Waals surface area contributed by atoms with Gasteiger partial charge in [0.15, 0.2) is 0 Å². The Morgan fingerprint density at radius 3 is 2.53 bits per heavy atom. The van der Waals surface area contributed by atoms with Crippen LogP contribution >= 0.6 is 0 Å². The Balaban J connectivity index is 2.65. The van der Waals surface area contributed by atoms with Crippen molar-refractivity contribution in [3.05, 3.63) is 0 Å². The molecule has 0 aliphatic heterocycles. The summed E-state index contributed by atoms with van der Waals surface area (Å²) >= 11 is 0. The third-order valence-electron chi connectivity index (χ3n) is 3.64. The van der Waals surface area contributed by atoms with Gasteiger partial charge in [0.2, 0.25) is 5.91 Å². The average Bonchev–Trinajstić information content (AvgIpc) is 2.25. The molecule has 1 aliphatic carbocycles. The molecule has 2 atom stereocenters. The maximum absolute atomic E-state index is 11.9. The van der Waals surface area contributed by atoms with E-state index in [0.717, 1.165) is 0 Å². The molecule has 98 valence electrons. The molecule has 1 fully saturated rings. The Kier molecular flexibility index (Phi) is 3.78. The van der Waals surface area contributed by atoms with Gasteiger partial charge in [-0.2, -0.15) is 0 Å². The van der Waals surface area contributed by atoms with Gasteiger partial charge in [-0.1, -0.05) is 13.8 Å². The Bertz CT molecular complexity index is 329. The van der Waals surface area contributed by atoms with Crippen molar-refractivity contribution in [2.75, 3.05) is 13.2 Å². The first-order chi connectivity index (χ1) is 7.75. The summed E-state index contributed by atoms with van der Waals surface area (Å²) in [7, 11) is 0. The quantitative estimate of drug-likeness (QED) is 0.617. The van der Waals surface area contributed by atoms with Gasteiger partial charge in [-0.25, -0.2) is 0 Å². The minimum Gasteiger partial charge on any atom is -0.480 e. The standard InChI is InChI=1S/C11H20N2O4/c1-4-17-7-5-11(12,10(7,2)3)9(16)13-6-8(14)15/h7H,4-6,12H2,1-3H3,(H,13,16)(H,14,15). The molecule has 2 unspecified atom stereocenters. The molecule has 4 N–H and O–H groups in total. The molecule has 0 saturated heterocycles. The predicted octanol–water partition coefficient (Wildman–Crippen LogP) is -0.280. The van der Waals surface area contributed by atoms with E-state index in [-0.39, 0.29) is 6.10 Å². The summed E-state index contributed by atoms with van der Waals surface area (Å²) in [6.45, 7) is 5.76. The van der Waals surface area contributed by atoms with E-state index in [1.54, 1.807) is 0 Å². The fourth-order valence-corrected chi connectivity index (χ4v) is 2.13. The van der Waals surface area contributed by atoms with Crippen LogP contribution in [-0.4, -0.2) is 41.8 Å². The van der Waals surface area contributed by atoms with Crippen molar-refractivity contribution in [3.8, 4) is 0 Å². The molecule has 0 aromatic carbocycles. The van der Waals surface area contributed by atoms with Crippen LogP contribution in [0.3, 0.4) is 0 Å². The molecule has 0 aromatic heterocycles. The Hall–Kier alpha value is -1.14. The maximum atomic E-state index is 11.9. The van der Waals surface area contributed by atoms with Crippen molar-refractivity contribution in [2.45, 2.75) is 38.8 Å². The lowest BCUT2D eigenvalue weighted by atomic mass is 9.54. The number of carbonyl (C=O) groups is 2. The first-order valence-corrected chi connectivity index (χ1v) is 5.66. The Morgan fingerprint density at radius 1 is 1.53 bits per heavy atom. The van der Waals surface area contributed by atoms with E-state index in [0.29, 0.717) is 13.0 Å². The highest BCUT2D eigenvalue weighted by molar-refractivity contribution is 5.90. The van der Waals surface area contributed by atoms with Crippen molar-refractivity contribution >= 4 is 11.9 Å². The van der Waals surface area contributed by atoms with Crippen LogP contribution in [0.4, 0.5) is 0 Å². The van der Waals surface area contributed by atoms with Crippen LogP contribution in [-0.2, 0) is 14.3 Å². The van der Waals surface area contributed by atoms with Gasteiger partial charge in [0, 0.05) is 18.4 Å². The number of carboxylic acids is 1. The first-order valence-electron chi connectivity index (χ1n) is 5.66. The van der Waals surface area contributed by atoms with Gasteiger partial charge < -0.3 is 20.9 Å². The number of aliphatic carboxylic acids is 1. The second-order valence-corrected chi connectivity index (χ2v) is 4.92. The van der Waals surface area contributed by atoms with Gasteiger partial charge in [0.25, 0.3) is 0 Å². The number of rotatable bonds is 5. The molecule has 0 radical (unpaired) electrons. The van der Waals surface area contributed by atoms with E-state index in [1.165, 1.54) is 0 Å². The van der Waals surface area contributed by atoms with Gasteiger partial charge in [0.05, 0.1) is 6.10 Å². The highest BCUT2D eigenvalue weighted by atomic mass is 16.5.